The first-order valence-electron chi connectivity index (χ1n) is 4.18. The molecule has 1 rings (SSSR count). The number of phosphoric acid groups is 1. The SMILES string of the molecule is Cc1ncc(COP(=O)(O)O)c(C=O)c1O.[Ca]. The number of rotatable bonds is 4. The van der Waals surface area contributed by atoms with Gasteiger partial charge in [0.05, 0.1) is 17.9 Å². The number of carbonyl (C=O) groups excluding carboxylic acids is 1. The fraction of sp³-hybridized carbons (Fsp3) is 0.250. The van der Waals surface area contributed by atoms with Gasteiger partial charge >= 0.3 is 7.82 Å². The number of pyridine rings is 1. The Balaban J connectivity index is 0.00000256. The summed E-state index contributed by atoms with van der Waals surface area (Å²) in [5.74, 6) is -0.318. The number of nitrogens with zero attached hydrogens (tertiary/aromatic N) is 1. The summed E-state index contributed by atoms with van der Waals surface area (Å²) in [5, 5.41) is 9.46. The summed E-state index contributed by atoms with van der Waals surface area (Å²) in [6.07, 6.45) is 1.59. The van der Waals surface area contributed by atoms with Gasteiger partial charge in [0.25, 0.3) is 0 Å². The molecule has 3 N–H and O–H groups in total. The van der Waals surface area contributed by atoms with Gasteiger partial charge in [-0.05, 0) is 6.92 Å². The second-order valence-corrected chi connectivity index (χ2v) is 4.25. The Morgan fingerprint density at radius 2 is 2.12 bits per heavy atom. The molecule has 0 bridgehead atoms. The standard InChI is InChI=1S/C8H10NO6P.Ca/c1-5-8(11)7(3-10)6(2-9-5)4-15-16(12,13)14;/h2-3,11H,4H2,1H3,(H2,12,13,14);. The third kappa shape index (κ3) is 5.01. The first-order valence-corrected chi connectivity index (χ1v) is 5.71. The molecule has 0 aromatic carbocycles. The van der Waals surface area contributed by atoms with Gasteiger partial charge < -0.3 is 14.9 Å². The van der Waals surface area contributed by atoms with Crippen LogP contribution in [0.2, 0.25) is 0 Å². The van der Waals surface area contributed by atoms with E-state index in [0.717, 1.165) is 0 Å². The van der Waals surface area contributed by atoms with E-state index in [4.69, 9.17) is 9.79 Å². The summed E-state index contributed by atoms with van der Waals surface area (Å²) < 4.78 is 14.7. The molecule has 0 atom stereocenters. The molecule has 9 heteroatoms. The van der Waals surface area contributed by atoms with Crippen LogP contribution < -0.4 is 0 Å². The predicted molar refractivity (Wildman–Crippen MR) is 58.6 cm³/mol. The Bertz CT molecular complexity index is 460. The van der Waals surface area contributed by atoms with E-state index in [9.17, 15) is 14.5 Å². The molecule has 7 nitrogen and oxygen atoms in total. The van der Waals surface area contributed by atoms with Crippen LogP contribution in [0.1, 0.15) is 21.6 Å². The average molecular weight is 287 g/mol. The Labute approximate surface area is 127 Å². The summed E-state index contributed by atoms with van der Waals surface area (Å²) in [4.78, 5) is 31.4. The first kappa shape index (κ1) is 17.0. The molecule has 0 saturated carbocycles. The number of aryl methyl sites for hydroxylation is 1. The number of aromatic nitrogens is 1. The molecule has 0 spiro atoms. The van der Waals surface area contributed by atoms with Gasteiger partial charge in [-0.25, -0.2) is 4.57 Å². The second kappa shape index (κ2) is 6.80. The minimum atomic E-state index is -4.61. The zero-order valence-electron chi connectivity index (χ0n) is 9.03. The molecule has 1 aromatic rings. The van der Waals surface area contributed by atoms with Crippen LogP contribution in [-0.4, -0.2) is 63.9 Å². The molecular weight excluding hydrogens is 277 g/mol. The van der Waals surface area contributed by atoms with Crippen molar-refractivity contribution in [3.8, 4) is 5.75 Å². The van der Waals surface area contributed by atoms with Gasteiger partial charge in [-0.3, -0.25) is 14.3 Å². The van der Waals surface area contributed by atoms with Crippen LogP contribution in [0.4, 0.5) is 0 Å². The molecule has 1 heterocycles. The van der Waals surface area contributed by atoms with Crippen LogP contribution in [-0.2, 0) is 15.7 Å². The number of hydrogen-bond donors (Lipinski definition) is 3. The second-order valence-electron chi connectivity index (χ2n) is 3.01. The monoisotopic (exact) mass is 287 g/mol. The number of carbonyl (C=O) groups is 1. The van der Waals surface area contributed by atoms with Crippen molar-refractivity contribution in [2.75, 3.05) is 0 Å². The van der Waals surface area contributed by atoms with E-state index in [-0.39, 0.29) is 60.3 Å². The Kier molecular flexibility index (Phi) is 6.79. The summed E-state index contributed by atoms with van der Waals surface area (Å²) in [6.45, 7) is 0.995. The minimum Gasteiger partial charge on any atom is -0.505 e. The smallest absolute Gasteiger partial charge is 0.469 e. The molecular formula is C8H10CaNO6P. The van der Waals surface area contributed by atoms with Crippen molar-refractivity contribution in [1.82, 2.24) is 4.98 Å². The van der Waals surface area contributed by atoms with E-state index in [1.165, 1.54) is 13.1 Å². The molecule has 0 fully saturated rings. The van der Waals surface area contributed by atoms with E-state index >= 15 is 0 Å². The first-order chi connectivity index (χ1) is 7.35. The average Bonchev–Trinajstić information content (AvgIpc) is 2.18. The third-order valence-electron chi connectivity index (χ3n) is 1.86. The largest absolute Gasteiger partial charge is 0.505 e. The topological polar surface area (TPSA) is 117 Å². The van der Waals surface area contributed by atoms with E-state index in [1.54, 1.807) is 0 Å². The number of hydrogen-bond acceptors (Lipinski definition) is 5. The van der Waals surface area contributed by atoms with Gasteiger partial charge in [0, 0.05) is 49.5 Å². The maximum absolute atomic E-state index is 10.7. The zero-order valence-corrected chi connectivity index (χ0v) is 12.1. The van der Waals surface area contributed by atoms with Gasteiger partial charge in [-0.1, -0.05) is 0 Å². The van der Waals surface area contributed by atoms with Crippen LogP contribution >= 0.6 is 7.82 Å². The van der Waals surface area contributed by atoms with Crippen molar-refractivity contribution in [1.29, 1.82) is 0 Å². The van der Waals surface area contributed by atoms with Crippen LogP contribution in [0.25, 0.3) is 0 Å². The van der Waals surface area contributed by atoms with E-state index in [2.05, 4.69) is 9.51 Å². The quantitative estimate of drug-likeness (QED) is 0.409. The minimum absolute atomic E-state index is 0. The number of aldehydes is 1. The molecule has 0 unspecified atom stereocenters. The molecule has 90 valence electrons. The molecule has 0 amide bonds. The van der Waals surface area contributed by atoms with E-state index < -0.39 is 14.4 Å². The molecule has 0 aliphatic heterocycles. The van der Waals surface area contributed by atoms with E-state index in [0.29, 0.717) is 6.29 Å². The van der Waals surface area contributed by atoms with Crippen molar-refractivity contribution in [3.05, 3.63) is 23.0 Å². The van der Waals surface area contributed by atoms with Crippen molar-refractivity contribution < 1.29 is 28.8 Å². The van der Waals surface area contributed by atoms with Gasteiger partial charge in [0.15, 0.2) is 6.29 Å². The number of phosphoric ester groups is 1. The molecule has 0 aliphatic carbocycles. The van der Waals surface area contributed by atoms with Crippen LogP contribution in [0, 0.1) is 6.92 Å². The molecule has 2 radical (unpaired) electrons. The zero-order chi connectivity index (χ0) is 12.3. The third-order valence-corrected chi connectivity index (χ3v) is 2.33. The Hall–Kier alpha value is -0.0103. The van der Waals surface area contributed by atoms with Gasteiger partial charge in [0.2, 0.25) is 0 Å². The van der Waals surface area contributed by atoms with Crippen molar-refractivity contribution in [2.45, 2.75) is 13.5 Å². The molecule has 1 aromatic heterocycles. The van der Waals surface area contributed by atoms with Gasteiger partial charge in [-0.2, -0.15) is 0 Å². The Morgan fingerprint density at radius 1 is 1.53 bits per heavy atom. The van der Waals surface area contributed by atoms with E-state index in [1.807, 2.05) is 0 Å². The van der Waals surface area contributed by atoms with Gasteiger partial charge in [0.1, 0.15) is 5.75 Å². The van der Waals surface area contributed by atoms with Crippen molar-refractivity contribution in [3.63, 3.8) is 0 Å². The summed E-state index contributed by atoms with van der Waals surface area (Å²) in [6, 6.07) is 0. The summed E-state index contributed by atoms with van der Waals surface area (Å²) in [7, 11) is -4.61. The molecule has 0 aliphatic rings. The van der Waals surface area contributed by atoms with Crippen molar-refractivity contribution >= 4 is 51.8 Å². The fourth-order valence-electron chi connectivity index (χ4n) is 1.05. The molecule has 0 saturated heterocycles. The fourth-order valence-corrected chi connectivity index (χ4v) is 1.36. The maximum atomic E-state index is 10.7. The van der Waals surface area contributed by atoms with Crippen LogP contribution in [0.5, 0.6) is 5.75 Å². The number of aromatic hydroxyl groups is 1. The predicted octanol–water partition coefficient (Wildman–Crippen LogP) is 0.137. The molecule has 17 heavy (non-hydrogen) atoms. The maximum Gasteiger partial charge on any atom is 0.469 e. The summed E-state index contributed by atoms with van der Waals surface area (Å²) >= 11 is 0. The van der Waals surface area contributed by atoms with Crippen LogP contribution in [0.3, 0.4) is 0 Å². The van der Waals surface area contributed by atoms with Crippen molar-refractivity contribution in [2.24, 2.45) is 0 Å². The Morgan fingerprint density at radius 3 is 2.59 bits per heavy atom. The summed E-state index contributed by atoms with van der Waals surface area (Å²) in [5.41, 5.74) is 0.282. The van der Waals surface area contributed by atoms with Crippen LogP contribution in [0.15, 0.2) is 6.20 Å². The normalized spacial score (nSPS) is 10.8. The van der Waals surface area contributed by atoms with Gasteiger partial charge in [-0.15, -0.1) is 0 Å².